The van der Waals surface area contributed by atoms with Crippen LogP contribution in [0.5, 0.6) is 5.75 Å². The average molecular weight is 416 g/mol. The maximum atomic E-state index is 12.5. The molecule has 0 aromatic heterocycles. The Hall–Kier alpha value is -2.30. The highest BCUT2D eigenvalue weighted by molar-refractivity contribution is 6.35. The molecular weight excluding hydrogens is 397 g/mol. The first-order chi connectivity index (χ1) is 13.5. The van der Waals surface area contributed by atoms with E-state index in [1.807, 2.05) is 18.2 Å². The summed E-state index contributed by atoms with van der Waals surface area (Å²) in [5.74, 6) is 0.679. The van der Waals surface area contributed by atoms with Crippen molar-refractivity contribution < 1.29 is 14.3 Å². The van der Waals surface area contributed by atoms with Gasteiger partial charge in [0.15, 0.2) is 5.78 Å². The number of carbonyl (C=O) groups is 2. The summed E-state index contributed by atoms with van der Waals surface area (Å²) in [5, 5.41) is 1.06. The predicted molar refractivity (Wildman–Crippen MR) is 110 cm³/mol. The van der Waals surface area contributed by atoms with Gasteiger partial charge < -0.3 is 9.64 Å². The Kier molecular flexibility index (Phi) is 5.17. The van der Waals surface area contributed by atoms with Crippen LogP contribution in [0.15, 0.2) is 48.5 Å². The number of hydrogen-bond acceptors (Lipinski definition) is 3. The van der Waals surface area contributed by atoms with Crippen LogP contribution in [0.4, 0.5) is 0 Å². The van der Waals surface area contributed by atoms with Crippen molar-refractivity contribution in [1.29, 1.82) is 0 Å². The van der Waals surface area contributed by atoms with E-state index in [9.17, 15) is 9.59 Å². The molecule has 144 valence electrons. The second-order valence-corrected chi connectivity index (χ2v) is 8.05. The van der Waals surface area contributed by atoms with Crippen molar-refractivity contribution in [3.8, 4) is 5.75 Å². The maximum absolute atomic E-state index is 12.5. The minimum Gasteiger partial charge on any atom is -0.486 e. The first-order valence-corrected chi connectivity index (χ1v) is 9.95. The molecule has 0 atom stereocenters. The monoisotopic (exact) mass is 415 g/mol. The van der Waals surface area contributed by atoms with E-state index in [4.69, 9.17) is 27.9 Å². The van der Waals surface area contributed by atoms with Crippen LogP contribution in [0.1, 0.15) is 35.2 Å². The number of amides is 1. The lowest BCUT2D eigenvalue weighted by Crippen LogP contribution is -2.52. The summed E-state index contributed by atoms with van der Waals surface area (Å²) < 4.78 is 6.21. The van der Waals surface area contributed by atoms with E-state index in [-0.39, 0.29) is 11.7 Å². The van der Waals surface area contributed by atoms with Crippen LogP contribution in [0.25, 0.3) is 6.08 Å². The third-order valence-corrected chi connectivity index (χ3v) is 5.91. The minimum atomic E-state index is -0.509. The molecule has 0 aliphatic carbocycles. The molecule has 2 aliphatic heterocycles. The van der Waals surface area contributed by atoms with Crippen LogP contribution < -0.4 is 4.74 Å². The van der Waals surface area contributed by atoms with Crippen LogP contribution in [0.3, 0.4) is 0 Å². The molecule has 1 amide bonds. The number of hydrogen-bond donors (Lipinski definition) is 0. The molecule has 2 aromatic rings. The number of benzene rings is 2. The molecule has 1 fully saturated rings. The number of halogens is 2. The summed E-state index contributed by atoms with van der Waals surface area (Å²) >= 11 is 12.0. The van der Waals surface area contributed by atoms with Gasteiger partial charge in [0.25, 0.3) is 0 Å². The number of rotatable bonds is 2. The van der Waals surface area contributed by atoms with Crippen molar-refractivity contribution in [3.63, 3.8) is 0 Å². The molecular formula is C22H19Cl2NO3. The van der Waals surface area contributed by atoms with Gasteiger partial charge in [-0.3, -0.25) is 9.59 Å². The highest BCUT2D eigenvalue weighted by atomic mass is 35.5. The molecule has 0 unspecified atom stereocenters. The smallest absolute Gasteiger partial charge is 0.246 e. The van der Waals surface area contributed by atoms with E-state index in [1.54, 1.807) is 35.2 Å². The molecule has 0 saturated carbocycles. The molecule has 1 spiro atoms. The Bertz CT molecular complexity index is 962. The van der Waals surface area contributed by atoms with Crippen molar-refractivity contribution >= 4 is 41.0 Å². The van der Waals surface area contributed by atoms with Crippen molar-refractivity contribution in [2.24, 2.45) is 0 Å². The average Bonchev–Trinajstić information content (AvgIpc) is 2.67. The van der Waals surface area contributed by atoms with Crippen molar-refractivity contribution in [3.05, 3.63) is 69.7 Å². The van der Waals surface area contributed by atoms with Gasteiger partial charge in [-0.1, -0.05) is 41.4 Å². The standard InChI is InChI=1S/C22H19Cl2NO3/c23-16-7-5-15(18(24)13-16)6-8-21(27)25-11-9-22(10-12-25)14-19(26)17-3-1-2-4-20(17)28-22/h1-8,13H,9-12,14H2/b8-6+. The Morgan fingerprint density at radius 2 is 1.86 bits per heavy atom. The van der Waals surface area contributed by atoms with E-state index >= 15 is 0 Å². The van der Waals surface area contributed by atoms with Gasteiger partial charge in [-0.05, 0) is 35.9 Å². The molecule has 2 aromatic carbocycles. The maximum Gasteiger partial charge on any atom is 0.246 e. The fourth-order valence-corrected chi connectivity index (χ4v) is 4.23. The molecule has 2 heterocycles. The van der Waals surface area contributed by atoms with E-state index < -0.39 is 5.60 Å². The number of piperidine rings is 1. The van der Waals surface area contributed by atoms with Crippen molar-refractivity contribution in [1.82, 2.24) is 4.90 Å². The zero-order valence-electron chi connectivity index (χ0n) is 15.2. The van der Waals surface area contributed by atoms with E-state index in [0.717, 1.165) is 5.56 Å². The molecule has 2 aliphatic rings. The lowest BCUT2D eigenvalue weighted by atomic mass is 9.82. The lowest BCUT2D eigenvalue weighted by Gasteiger charge is -2.43. The quantitative estimate of drug-likeness (QED) is 0.645. The Balaban J connectivity index is 1.41. The van der Waals surface area contributed by atoms with Gasteiger partial charge in [0, 0.05) is 42.1 Å². The third-order valence-electron chi connectivity index (χ3n) is 5.35. The van der Waals surface area contributed by atoms with Crippen molar-refractivity contribution in [2.45, 2.75) is 24.9 Å². The number of carbonyl (C=O) groups excluding carboxylic acids is 2. The van der Waals surface area contributed by atoms with E-state index in [0.29, 0.717) is 53.7 Å². The van der Waals surface area contributed by atoms with Gasteiger partial charge in [0.1, 0.15) is 11.4 Å². The Morgan fingerprint density at radius 1 is 1.11 bits per heavy atom. The number of fused-ring (bicyclic) bond motifs is 1. The third kappa shape index (κ3) is 3.80. The Morgan fingerprint density at radius 3 is 2.61 bits per heavy atom. The molecule has 4 nitrogen and oxygen atoms in total. The van der Waals surface area contributed by atoms with E-state index in [1.165, 1.54) is 6.08 Å². The van der Waals surface area contributed by atoms with Crippen LogP contribution in [-0.2, 0) is 4.79 Å². The number of likely N-dealkylation sites (tertiary alicyclic amines) is 1. The van der Waals surface area contributed by atoms with E-state index in [2.05, 4.69) is 0 Å². The predicted octanol–water partition coefficient (Wildman–Crippen LogP) is 5.03. The fraction of sp³-hybridized carbons (Fsp3) is 0.273. The number of ether oxygens (including phenoxy) is 1. The van der Waals surface area contributed by atoms with Crippen LogP contribution in [0, 0.1) is 0 Å². The first kappa shape index (κ1) is 19.0. The molecule has 4 rings (SSSR count). The molecule has 28 heavy (non-hydrogen) atoms. The highest BCUT2D eigenvalue weighted by Crippen LogP contribution is 2.39. The van der Waals surface area contributed by atoms with Gasteiger partial charge >= 0.3 is 0 Å². The second kappa shape index (κ2) is 7.61. The van der Waals surface area contributed by atoms with Crippen molar-refractivity contribution in [2.75, 3.05) is 13.1 Å². The van der Waals surface area contributed by atoms with Gasteiger partial charge in [0.05, 0.1) is 12.0 Å². The molecule has 6 heteroatoms. The van der Waals surface area contributed by atoms with Gasteiger partial charge in [-0.25, -0.2) is 0 Å². The number of para-hydroxylation sites is 1. The normalized spacial score (nSPS) is 18.2. The summed E-state index contributed by atoms with van der Waals surface area (Å²) in [6.45, 7) is 1.10. The molecule has 0 radical (unpaired) electrons. The van der Waals surface area contributed by atoms with Crippen LogP contribution in [-0.4, -0.2) is 35.3 Å². The summed E-state index contributed by atoms with van der Waals surface area (Å²) in [7, 11) is 0. The van der Waals surface area contributed by atoms with Crippen LogP contribution >= 0.6 is 23.2 Å². The summed E-state index contributed by atoms with van der Waals surface area (Å²) in [5.41, 5.74) is 0.880. The molecule has 1 saturated heterocycles. The zero-order chi connectivity index (χ0) is 19.7. The fourth-order valence-electron chi connectivity index (χ4n) is 3.76. The summed E-state index contributed by atoms with van der Waals surface area (Å²) in [6.07, 6.45) is 4.85. The largest absolute Gasteiger partial charge is 0.486 e. The van der Waals surface area contributed by atoms with Gasteiger partial charge in [0.2, 0.25) is 5.91 Å². The highest BCUT2D eigenvalue weighted by Gasteiger charge is 2.43. The topological polar surface area (TPSA) is 46.6 Å². The lowest BCUT2D eigenvalue weighted by molar-refractivity contribution is -0.129. The van der Waals surface area contributed by atoms with Gasteiger partial charge in [-0.15, -0.1) is 0 Å². The first-order valence-electron chi connectivity index (χ1n) is 9.19. The number of ketones is 1. The Labute approximate surface area is 173 Å². The second-order valence-electron chi connectivity index (χ2n) is 7.21. The number of nitrogens with zero attached hydrogens (tertiary/aromatic N) is 1. The summed E-state index contributed by atoms with van der Waals surface area (Å²) in [6, 6.07) is 12.5. The molecule has 0 N–H and O–H groups in total. The summed E-state index contributed by atoms with van der Waals surface area (Å²) in [4.78, 5) is 26.8. The molecule has 0 bridgehead atoms. The SMILES string of the molecule is O=C1CC2(CCN(C(=O)/C=C/c3ccc(Cl)cc3Cl)CC2)Oc2ccccc21. The van der Waals surface area contributed by atoms with Gasteiger partial charge in [-0.2, -0.15) is 0 Å². The van der Waals surface area contributed by atoms with Crippen LogP contribution in [0.2, 0.25) is 10.0 Å². The number of Topliss-reactive ketones (excluding diaryl/α,β-unsaturated/α-hetero) is 1. The minimum absolute atomic E-state index is 0.0802. The zero-order valence-corrected chi connectivity index (χ0v) is 16.7.